The summed E-state index contributed by atoms with van der Waals surface area (Å²) in [6.45, 7) is -1.13. The van der Waals surface area contributed by atoms with E-state index in [1.807, 2.05) is 0 Å². The predicted molar refractivity (Wildman–Crippen MR) is 26.7 cm³/mol. The molecule has 7 heteroatoms. The van der Waals surface area contributed by atoms with E-state index in [0.717, 1.165) is 0 Å². The SMILES string of the molecule is O=[P+](F)OC(F)C(F)CO. The maximum atomic E-state index is 11.9. The number of hydrogen-bond acceptors (Lipinski definition) is 3. The molecule has 0 aliphatic rings. The Balaban J connectivity index is 3.61. The zero-order chi connectivity index (χ0) is 8.15. The van der Waals surface area contributed by atoms with E-state index in [9.17, 15) is 17.5 Å². The Morgan fingerprint density at radius 2 is 2.10 bits per heavy atom. The van der Waals surface area contributed by atoms with Gasteiger partial charge in [-0.25, -0.2) is 8.78 Å². The van der Waals surface area contributed by atoms with Crippen molar-refractivity contribution < 1.29 is 27.2 Å². The third kappa shape index (κ3) is 3.76. The highest BCUT2D eigenvalue weighted by Crippen LogP contribution is 2.27. The van der Waals surface area contributed by atoms with Gasteiger partial charge in [-0.1, -0.05) is 4.52 Å². The standard InChI is InChI=1S/C3H5F3O3P/c4-2(1-7)3(5)9-10(6)8/h2-3,7H,1H2/q+1. The average molecular weight is 177 g/mol. The minimum absolute atomic E-state index is 1.13. The second-order valence-corrected chi connectivity index (χ2v) is 2.00. The second kappa shape index (κ2) is 4.60. The molecule has 3 nitrogen and oxygen atoms in total. The lowest BCUT2D eigenvalue weighted by molar-refractivity contribution is -0.0261. The first kappa shape index (κ1) is 9.81. The lowest BCUT2D eigenvalue weighted by Crippen LogP contribution is -2.21. The first-order chi connectivity index (χ1) is 4.57. The highest BCUT2D eigenvalue weighted by molar-refractivity contribution is 7.32. The van der Waals surface area contributed by atoms with Crippen molar-refractivity contribution in [2.75, 3.05) is 6.61 Å². The van der Waals surface area contributed by atoms with Crippen molar-refractivity contribution in [2.45, 2.75) is 12.5 Å². The van der Waals surface area contributed by atoms with Crippen molar-refractivity contribution >= 4 is 8.34 Å². The summed E-state index contributed by atoms with van der Waals surface area (Å²) >= 11 is 0. The molecule has 3 atom stereocenters. The van der Waals surface area contributed by atoms with Crippen LogP contribution < -0.4 is 0 Å². The highest BCUT2D eigenvalue weighted by Gasteiger charge is 2.32. The van der Waals surface area contributed by atoms with E-state index in [1.165, 1.54) is 0 Å². The fourth-order valence-electron chi connectivity index (χ4n) is 0.228. The fraction of sp³-hybridized carbons (Fsp3) is 1.00. The van der Waals surface area contributed by atoms with Gasteiger partial charge in [-0.3, -0.25) is 0 Å². The molecule has 0 saturated heterocycles. The van der Waals surface area contributed by atoms with Crippen LogP contribution in [-0.4, -0.2) is 24.2 Å². The van der Waals surface area contributed by atoms with Gasteiger partial charge in [0.15, 0.2) is 6.17 Å². The first-order valence-corrected chi connectivity index (χ1v) is 3.33. The normalized spacial score (nSPS) is 18.2. The predicted octanol–water partition coefficient (Wildman–Crippen LogP) is 1.26. The molecule has 0 spiro atoms. The average Bonchev–Trinajstić information content (AvgIpc) is 1.85. The first-order valence-electron chi connectivity index (χ1n) is 2.26. The third-order valence-corrected chi connectivity index (χ3v) is 1.01. The number of aliphatic hydroxyl groups is 1. The van der Waals surface area contributed by atoms with E-state index in [0.29, 0.717) is 0 Å². The Hall–Kier alpha value is -0.190. The molecule has 60 valence electrons. The smallest absolute Gasteiger partial charge is 0.393 e. The molecule has 3 unspecified atom stereocenters. The Kier molecular flexibility index (Phi) is 4.51. The monoisotopic (exact) mass is 177 g/mol. The quantitative estimate of drug-likeness (QED) is 0.657. The molecule has 0 radical (unpaired) electrons. The minimum atomic E-state index is -3.65. The van der Waals surface area contributed by atoms with Crippen molar-refractivity contribution in [1.82, 2.24) is 0 Å². The van der Waals surface area contributed by atoms with Crippen molar-refractivity contribution in [3.63, 3.8) is 0 Å². The molecule has 0 amide bonds. The number of alkyl halides is 2. The molecule has 0 aromatic rings. The van der Waals surface area contributed by atoms with E-state index in [1.54, 1.807) is 0 Å². The van der Waals surface area contributed by atoms with Gasteiger partial charge in [0, 0.05) is 4.57 Å². The summed E-state index contributed by atoms with van der Waals surface area (Å²) in [7, 11) is -3.65. The van der Waals surface area contributed by atoms with Gasteiger partial charge >= 0.3 is 8.34 Å². The zero-order valence-electron chi connectivity index (χ0n) is 4.71. The van der Waals surface area contributed by atoms with E-state index >= 15 is 0 Å². The van der Waals surface area contributed by atoms with E-state index < -0.39 is 27.5 Å². The summed E-state index contributed by atoms with van der Waals surface area (Å²) in [6, 6.07) is 0. The van der Waals surface area contributed by atoms with Gasteiger partial charge in [-0.2, -0.15) is 0 Å². The molecule has 10 heavy (non-hydrogen) atoms. The highest BCUT2D eigenvalue weighted by atomic mass is 31.2. The molecule has 0 saturated carbocycles. The zero-order valence-corrected chi connectivity index (χ0v) is 5.60. The number of halogens is 3. The van der Waals surface area contributed by atoms with Crippen molar-refractivity contribution in [3.8, 4) is 0 Å². The van der Waals surface area contributed by atoms with Gasteiger partial charge in [0.25, 0.3) is 6.36 Å². The molecular weight excluding hydrogens is 172 g/mol. The summed E-state index contributed by atoms with van der Waals surface area (Å²) < 4.78 is 47.6. The molecule has 0 rings (SSSR count). The van der Waals surface area contributed by atoms with Crippen molar-refractivity contribution in [1.29, 1.82) is 0 Å². The lowest BCUT2D eigenvalue weighted by atomic mass is 10.4. The van der Waals surface area contributed by atoms with Crippen LogP contribution in [-0.2, 0) is 9.09 Å². The Morgan fingerprint density at radius 3 is 2.40 bits per heavy atom. The van der Waals surface area contributed by atoms with Gasteiger partial charge in [-0.15, -0.1) is 0 Å². The van der Waals surface area contributed by atoms with Crippen LogP contribution in [0.5, 0.6) is 0 Å². The molecule has 0 aliphatic carbocycles. The van der Waals surface area contributed by atoms with E-state index in [2.05, 4.69) is 4.52 Å². The molecule has 0 aromatic heterocycles. The van der Waals surface area contributed by atoms with Crippen molar-refractivity contribution in [3.05, 3.63) is 0 Å². The molecule has 0 aromatic carbocycles. The Labute approximate surface area is 55.8 Å². The van der Waals surface area contributed by atoms with Crippen LogP contribution in [0, 0.1) is 0 Å². The minimum Gasteiger partial charge on any atom is -0.393 e. The summed E-state index contributed by atoms with van der Waals surface area (Å²) in [6.07, 6.45) is -5.02. The van der Waals surface area contributed by atoms with Crippen LogP contribution in [0.4, 0.5) is 13.0 Å². The number of rotatable bonds is 4. The van der Waals surface area contributed by atoms with E-state index in [4.69, 9.17) is 5.11 Å². The Bertz CT molecular complexity index is 122. The molecule has 0 aliphatic heterocycles. The molecule has 0 fully saturated rings. The topological polar surface area (TPSA) is 46.5 Å². The van der Waals surface area contributed by atoms with Crippen molar-refractivity contribution in [2.24, 2.45) is 0 Å². The molecule has 0 heterocycles. The number of hydrogen-bond donors (Lipinski definition) is 1. The summed E-state index contributed by atoms with van der Waals surface area (Å²) in [5.74, 6) is 0. The van der Waals surface area contributed by atoms with Crippen LogP contribution in [0.1, 0.15) is 0 Å². The van der Waals surface area contributed by atoms with Crippen LogP contribution in [0.2, 0.25) is 0 Å². The van der Waals surface area contributed by atoms with Crippen LogP contribution in [0.25, 0.3) is 0 Å². The van der Waals surface area contributed by atoms with Crippen LogP contribution in [0.3, 0.4) is 0 Å². The fourth-order valence-corrected chi connectivity index (χ4v) is 0.518. The van der Waals surface area contributed by atoms with Gasteiger partial charge in [0.2, 0.25) is 0 Å². The van der Waals surface area contributed by atoms with Crippen LogP contribution >= 0.6 is 8.34 Å². The van der Waals surface area contributed by atoms with Gasteiger partial charge < -0.3 is 5.11 Å². The maximum Gasteiger partial charge on any atom is 0.749 e. The van der Waals surface area contributed by atoms with Gasteiger partial charge in [0.1, 0.15) is 0 Å². The largest absolute Gasteiger partial charge is 0.749 e. The van der Waals surface area contributed by atoms with E-state index in [-0.39, 0.29) is 0 Å². The third-order valence-electron chi connectivity index (χ3n) is 0.642. The van der Waals surface area contributed by atoms with Crippen LogP contribution in [0.15, 0.2) is 0 Å². The van der Waals surface area contributed by atoms with Gasteiger partial charge in [-0.05, 0) is 0 Å². The lowest BCUT2D eigenvalue weighted by Gasteiger charge is -2.01. The Morgan fingerprint density at radius 1 is 1.60 bits per heavy atom. The molecule has 1 N–H and O–H groups in total. The molecular formula is C3H5F3O3P+. The maximum absolute atomic E-state index is 11.9. The number of aliphatic hydroxyl groups excluding tert-OH is 1. The summed E-state index contributed by atoms with van der Waals surface area (Å²) in [5, 5.41) is 7.91. The molecule has 0 bridgehead atoms. The summed E-state index contributed by atoms with van der Waals surface area (Å²) in [5.41, 5.74) is 0. The second-order valence-electron chi connectivity index (χ2n) is 1.37. The van der Waals surface area contributed by atoms with Gasteiger partial charge in [0.05, 0.1) is 10.8 Å². The summed E-state index contributed by atoms with van der Waals surface area (Å²) in [4.78, 5) is 0.